The van der Waals surface area contributed by atoms with Crippen LogP contribution in [0.3, 0.4) is 0 Å². The molecule has 1 aromatic carbocycles. The van der Waals surface area contributed by atoms with Crippen LogP contribution in [0.2, 0.25) is 0 Å². The maximum Gasteiger partial charge on any atom is 0.278 e. The van der Waals surface area contributed by atoms with E-state index in [2.05, 4.69) is 29.0 Å². The molecule has 6 nitrogen and oxygen atoms in total. The summed E-state index contributed by atoms with van der Waals surface area (Å²) in [4.78, 5) is 17.6. The first-order valence-corrected chi connectivity index (χ1v) is 8.53. The van der Waals surface area contributed by atoms with Crippen molar-refractivity contribution in [1.82, 2.24) is 9.88 Å². The average molecular weight is 328 g/mol. The number of non-ortho nitro benzene ring substituents is 1. The van der Waals surface area contributed by atoms with Gasteiger partial charge in [-0.2, -0.15) is 0 Å². The number of fused-ring (bicyclic) bond motifs is 1. The standard InChI is InChI=1S/C18H24N4O2/c1-13-10-14(2)12-21(11-13)9-8-19-16-5-6-17(22(23)24)15-4-3-7-20-18(15)16/h3-7,13-14,19H,8-12H2,1-2H3/t13-,14-/m1/s1. The highest BCUT2D eigenvalue weighted by Gasteiger charge is 2.21. The molecule has 3 rings (SSSR count). The summed E-state index contributed by atoms with van der Waals surface area (Å²) in [6.07, 6.45) is 2.98. The highest BCUT2D eigenvalue weighted by atomic mass is 16.6. The lowest BCUT2D eigenvalue weighted by Gasteiger charge is -2.35. The maximum absolute atomic E-state index is 11.2. The van der Waals surface area contributed by atoms with Crippen molar-refractivity contribution in [3.63, 3.8) is 0 Å². The molecule has 0 aliphatic carbocycles. The topological polar surface area (TPSA) is 71.3 Å². The smallest absolute Gasteiger partial charge is 0.278 e. The van der Waals surface area contributed by atoms with Crippen LogP contribution in [-0.4, -0.2) is 41.0 Å². The number of likely N-dealkylation sites (tertiary alicyclic amines) is 1. The molecule has 0 saturated carbocycles. The molecular formula is C18H24N4O2. The van der Waals surface area contributed by atoms with E-state index >= 15 is 0 Å². The van der Waals surface area contributed by atoms with Crippen LogP contribution >= 0.6 is 0 Å². The molecule has 1 aliphatic rings. The van der Waals surface area contributed by atoms with E-state index in [0.29, 0.717) is 10.9 Å². The van der Waals surface area contributed by atoms with E-state index in [0.717, 1.165) is 43.7 Å². The number of aromatic nitrogens is 1. The number of nitrogens with one attached hydrogen (secondary N) is 1. The van der Waals surface area contributed by atoms with E-state index in [1.165, 1.54) is 6.42 Å². The second-order valence-corrected chi connectivity index (χ2v) is 6.92. The SMILES string of the molecule is C[C@@H]1C[C@@H](C)CN(CCNc2ccc([N+](=O)[O-])c3cccnc23)C1. The van der Waals surface area contributed by atoms with Gasteiger partial charge in [-0.05, 0) is 36.5 Å². The summed E-state index contributed by atoms with van der Waals surface area (Å²) in [6.45, 7) is 8.69. The van der Waals surface area contributed by atoms with Gasteiger partial charge in [-0.15, -0.1) is 0 Å². The molecule has 2 heterocycles. The van der Waals surface area contributed by atoms with E-state index in [9.17, 15) is 10.1 Å². The Morgan fingerprint density at radius 2 is 2.04 bits per heavy atom. The zero-order chi connectivity index (χ0) is 17.1. The number of nitrogens with zero attached hydrogens (tertiary/aromatic N) is 3. The van der Waals surface area contributed by atoms with Crippen LogP contribution in [0.15, 0.2) is 30.5 Å². The quantitative estimate of drug-likeness (QED) is 0.671. The number of hydrogen-bond acceptors (Lipinski definition) is 5. The van der Waals surface area contributed by atoms with Gasteiger partial charge in [0, 0.05) is 38.4 Å². The number of nitro benzene ring substituents is 1. The van der Waals surface area contributed by atoms with Crippen LogP contribution in [0.4, 0.5) is 11.4 Å². The molecule has 1 aromatic heterocycles. The molecule has 1 aliphatic heterocycles. The molecule has 2 aromatic rings. The van der Waals surface area contributed by atoms with Crippen molar-refractivity contribution in [1.29, 1.82) is 0 Å². The molecule has 0 amide bonds. The monoisotopic (exact) mass is 328 g/mol. The lowest BCUT2D eigenvalue weighted by molar-refractivity contribution is -0.383. The van der Waals surface area contributed by atoms with Crippen molar-refractivity contribution in [2.45, 2.75) is 20.3 Å². The van der Waals surface area contributed by atoms with Crippen LogP contribution in [0, 0.1) is 22.0 Å². The average Bonchev–Trinajstić information content (AvgIpc) is 2.53. The van der Waals surface area contributed by atoms with Crippen molar-refractivity contribution in [3.05, 3.63) is 40.6 Å². The molecule has 2 atom stereocenters. The molecule has 0 spiro atoms. The Labute approximate surface area is 142 Å². The van der Waals surface area contributed by atoms with E-state index in [-0.39, 0.29) is 10.6 Å². The minimum Gasteiger partial charge on any atom is -0.382 e. The number of anilines is 1. The predicted molar refractivity (Wildman–Crippen MR) is 96.3 cm³/mol. The van der Waals surface area contributed by atoms with Gasteiger partial charge in [0.2, 0.25) is 0 Å². The number of piperidine rings is 1. The normalized spacial score (nSPS) is 21.8. The third kappa shape index (κ3) is 3.64. The molecule has 1 N–H and O–H groups in total. The van der Waals surface area contributed by atoms with E-state index < -0.39 is 0 Å². The van der Waals surface area contributed by atoms with Crippen molar-refractivity contribution < 1.29 is 4.92 Å². The van der Waals surface area contributed by atoms with Gasteiger partial charge in [0.15, 0.2) is 0 Å². The van der Waals surface area contributed by atoms with Crippen molar-refractivity contribution in [2.24, 2.45) is 11.8 Å². The fourth-order valence-electron chi connectivity index (χ4n) is 3.78. The predicted octanol–water partition coefficient (Wildman–Crippen LogP) is 3.53. The molecule has 0 unspecified atom stereocenters. The summed E-state index contributed by atoms with van der Waals surface area (Å²) in [7, 11) is 0. The molecule has 0 radical (unpaired) electrons. The molecule has 6 heteroatoms. The summed E-state index contributed by atoms with van der Waals surface area (Å²) in [5.74, 6) is 1.49. The van der Waals surface area contributed by atoms with Gasteiger partial charge < -0.3 is 10.2 Å². The van der Waals surface area contributed by atoms with E-state index in [1.807, 2.05) is 0 Å². The zero-order valence-electron chi connectivity index (χ0n) is 14.2. The van der Waals surface area contributed by atoms with Gasteiger partial charge in [-0.25, -0.2) is 0 Å². The minimum absolute atomic E-state index is 0.0994. The highest BCUT2D eigenvalue weighted by molar-refractivity contribution is 5.96. The second-order valence-electron chi connectivity index (χ2n) is 6.92. The van der Waals surface area contributed by atoms with Gasteiger partial charge in [0.25, 0.3) is 5.69 Å². The third-order valence-corrected chi connectivity index (χ3v) is 4.63. The molecule has 128 valence electrons. The van der Waals surface area contributed by atoms with Crippen LogP contribution in [0.5, 0.6) is 0 Å². The third-order valence-electron chi connectivity index (χ3n) is 4.63. The van der Waals surface area contributed by atoms with Crippen LogP contribution < -0.4 is 5.32 Å². The first kappa shape index (κ1) is 16.6. The molecule has 24 heavy (non-hydrogen) atoms. The van der Waals surface area contributed by atoms with Crippen molar-refractivity contribution in [2.75, 3.05) is 31.5 Å². The van der Waals surface area contributed by atoms with Crippen molar-refractivity contribution >= 4 is 22.3 Å². The maximum atomic E-state index is 11.2. The van der Waals surface area contributed by atoms with Gasteiger partial charge in [0.05, 0.1) is 16.0 Å². The van der Waals surface area contributed by atoms with Crippen molar-refractivity contribution in [3.8, 4) is 0 Å². The fraction of sp³-hybridized carbons (Fsp3) is 0.500. The zero-order valence-corrected chi connectivity index (χ0v) is 14.2. The number of benzene rings is 1. The van der Waals surface area contributed by atoms with Crippen LogP contribution in [0.1, 0.15) is 20.3 Å². The van der Waals surface area contributed by atoms with Crippen LogP contribution in [0.25, 0.3) is 10.9 Å². The summed E-state index contributed by atoms with van der Waals surface area (Å²) in [5, 5.41) is 15.1. The largest absolute Gasteiger partial charge is 0.382 e. The lowest BCUT2D eigenvalue weighted by atomic mass is 9.92. The second kappa shape index (κ2) is 7.13. The molecule has 0 bridgehead atoms. The summed E-state index contributed by atoms with van der Waals surface area (Å²) >= 11 is 0. The Hall–Kier alpha value is -2.21. The molecule has 1 saturated heterocycles. The molecular weight excluding hydrogens is 304 g/mol. The molecule has 1 fully saturated rings. The van der Waals surface area contributed by atoms with Crippen LogP contribution in [-0.2, 0) is 0 Å². The Morgan fingerprint density at radius 3 is 2.75 bits per heavy atom. The summed E-state index contributed by atoms with van der Waals surface area (Å²) in [6, 6.07) is 6.79. The van der Waals surface area contributed by atoms with E-state index in [4.69, 9.17) is 0 Å². The Morgan fingerprint density at radius 1 is 1.29 bits per heavy atom. The number of pyridine rings is 1. The Balaban J connectivity index is 1.70. The van der Waals surface area contributed by atoms with Gasteiger partial charge in [-0.1, -0.05) is 13.8 Å². The lowest BCUT2D eigenvalue weighted by Crippen LogP contribution is -2.41. The van der Waals surface area contributed by atoms with Gasteiger partial charge in [-0.3, -0.25) is 15.1 Å². The first-order valence-electron chi connectivity index (χ1n) is 8.53. The Bertz CT molecular complexity index is 724. The number of hydrogen-bond donors (Lipinski definition) is 1. The first-order chi connectivity index (χ1) is 11.5. The Kier molecular flexibility index (Phi) is 4.94. The van der Waals surface area contributed by atoms with E-state index in [1.54, 1.807) is 30.5 Å². The summed E-state index contributed by atoms with van der Waals surface area (Å²) in [5.41, 5.74) is 1.61. The summed E-state index contributed by atoms with van der Waals surface area (Å²) < 4.78 is 0. The van der Waals surface area contributed by atoms with Gasteiger partial charge in [0.1, 0.15) is 5.52 Å². The number of nitro groups is 1. The highest BCUT2D eigenvalue weighted by Crippen LogP contribution is 2.29. The fourth-order valence-corrected chi connectivity index (χ4v) is 3.78. The van der Waals surface area contributed by atoms with Gasteiger partial charge >= 0.3 is 0 Å². The number of rotatable bonds is 5. The minimum atomic E-state index is -0.357.